The summed E-state index contributed by atoms with van der Waals surface area (Å²) in [6, 6.07) is 8.25. The minimum Gasteiger partial charge on any atom is -0.497 e. The maximum Gasteiger partial charge on any atom is 0.303 e. The van der Waals surface area contributed by atoms with Crippen molar-refractivity contribution in [3.63, 3.8) is 0 Å². The third kappa shape index (κ3) is 4.72. The molecule has 1 aliphatic rings. The molecule has 0 unspecified atom stereocenters. The summed E-state index contributed by atoms with van der Waals surface area (Å²) in [5, 5.41) is 13.5. The number of aryl methyl sites for hydroxylation is 1. The summed E-state index contributed by atoms with van der Waals surface area (Å²) in [5.41, 5.74) is 1.88. The largest absolute Gasteiger partial charge is 0.497 e. The monoisotopic (exact) mass is 360 g/mol. The maximum absolute atomic E-state index is 11.0. The fourth-order valence-electron chi connectivity index (χ4n) is 3.20. The Bertz CT molecular complexity index is 706. The predicted octanol–water partition coefficient (Wildman–Crippen LogP) is 4.58. The second-order valence-electron chi connectivity index (χ2n) is 6.39. The van der Waals surface area contributed by atoms with Crippen molar-refractivity contribution in [2.45, 2.75) is 51.0 Å². The normalized spacial score (nSPS) is 15.1. The number of hydrogen-bond donors (Lipinski definition) is 2. The zero-order chi connectivity index (χ0) is 17.6. The number of anilines is 1. The zero-order valence-corrected chi connectivity index (χ0v) is 15.3. The van der Waals surface area contributed by atoms with Crippen LogP contribution in [0.3, 0.4) is 0 Å². The van der Waals surface area contributed by atoms with Gasteiger partial charge in [-0.2, -0.15) is 0 Å². The first-order valence-electron chi connectivity index (χ1n) is 8.78. The third-order valence-corrected chi connectivity index (χ3v) is 5.61. The van der Waals surface area contributed by atoms with E-state index in [1.807, 2.05) is 24.3 Å². The first-order chi connectivity index (χ1) is 12.2. The van der Waals surface area contributed by atoms with Gasteiger partial charge in [0.15, 0.2) is 5.13 Å². The fraction of sp³-hybridized carbons (Fsp3) is 0.474. The van der Waals surface area contributed by atoms with E-state index < -0.39 is 5.97 Å². The Balaban J connectivity index is 1.83. The number of nitrogens with one attached hydrogen (secondary N) is 1. The number of thiazole rings is 1. The minimum atomic E-state index is -0.782. The molecule has 2 aromatic rings. The van der Waals surface area contributed by atoms with Crippen molar-refractivity contribution in [2.24, 2.45) is 0 Å². The molecule has 0 atom stereocenters. The molecule has 1 fully saturated rings. The van der Waals surface area contributed by atoms with Crippen LogP contribution < -0.4 is 10.1 Å². The smallest absolute Gasteiger partial charge is 0.303 e. The predicted molar refractivity (Wildman–Crippen MR) is 101 cm³/mol. The molecule has 1 aromatic carbocycles. The second kappa shape index (κ2) is 8.34. The van der Waals surface area contributed by atoms with Gasteiger partial charge in [-0.05, 0) is 43.5 Å². The number of carboxylic acids is 1. The van der Waals surface area contributed by atoms with Gasteiger partial charge in [-0.1, -0.05) is 19.3 Å². The van der Waals surface area contributed by atoms with Gasteiger partial charge >= 0.3 is 5.97 Å². The third-order valence-electron chi connectivity index (χ3n) is 4.56. The Labute approximate surface area is 152 Å². The molecule has 134 valence electrons. The lowest BCUT2D eigenvalue weighted by molar-refractivity contribution is -0.136. The molecule has 5 nitrogen and oxygen atoms in total. The average molecular weight is 360 g/mol. The first kappa shape index (κ1) is 17.7. The van der Waals surface area contributed by atoms with Crippen molar-refractivity contribution in [1.29, 1.82) is 0 Å². The quantitative estimate of drug-likeness (QED) is 0.756. The molecular weight excluding hydrogens is 336 g/mol. The molecule has 1 aromatic heterocycles. The van der Waals surface area contributed by atoms with Crippen LogP contribution >= 0.6 is 11.3 Å². The van der Waals surface area contributed by atoms with Crippen LogP contribution in [0.25, 0.3) is 11.3 Å². The highest BCUT2D eigenvalue weighted by Gasteiger charge is 2.18. The highest BCUT2D eigenvalue weighted by molar-refractivity contribution is 7.16. The summed E-state index contributed by atoms with van der Waals surface area (Å²) in [6.07, 6.45) is 6.83. The van der Waals surface area contributed by atoms with E-state index in [1.165, 1.54) is 32.1 Å². The van der Waals surface area contributed by atoms with Crippen molar-refractivity contribution < 1.29 is 14.6 Å². The number of aromatic nitrogens is 1. The summed E-state index contributed by atoms with van der Waals surface area (Å²) in [7, 11) is 1.64. The number of hydrogen-bond acceptors (Lipinski definition) is 5. The van der Waals surface area contributed by atoms with E-state index in [9.17, 15) is 4.79 Å². The molecule has 1 heterocycles. The summed E-state index contributed by atoms with van der Waals surface area (Å²) < 4.78 is 5.21. The molecule has 2 N–H and O–H groups in total. The lowest BCUT2D eigenvalue weighted by Gasteiger charge is -2.22. The maximum atomic E-state index is 11.0. The molecule has 1 aliphatic carbocycles. The lowest BCUT2D eigenvalue weighted by Crippen LogP contribution is -2.21. The van der Waals surface area contributed by atoms with Gasteiger partial charge in [0.05, 0.1) is 19.2 Å². The number of ether oxygens (including phenoxy) is 1. The Morgan fingerprint density at radius 3 is 2.64 bits per heavy atom. The zero-order valence-electron chi connectivity index (χ0n) is 14.5. The molecule has 6 heteroatoms. The number of carboxylic acid groups (broad SMARTS) is 1. The van der Waals surface area contributed by atoms with Crippen LogP contribution in [0.1, 0.15) is 43.4 Å². The second-order valence-corrected chi connectivity index (χ2v) is 7.48. The van der Waals surface area contributed by atoms with Gasteiger partial charge in [-0.25, -0.2) is 4.98 Å². The molecule has 0 aliphatic heterocycles. The molecular formula is C19H24N2O3S. The fourth-order valence-corrected chi connectivity index (χ4v) is 4.26. The number of aliphatic carboxylic acids is 1. The topological polar surface area (TPSA) is 71.5 Å². The van der Waals surface area contributed by atoms with E-state index in [4.69, 9.17) is 14.8 Å². The van der Waals surface area contributed by atoms with Crippen molar-refractivity contribution in [3.05, 3.63) is 29.1 Å². The van der Waals surface area contributed by atoms with Crippen LogP contribution in [0.2, 0.25) is 0 Å². The summed E-state index contributed by atoms with van der Waals surface area (Å²) in [6.45, 7) is 0. The van der Waals surface area contributed by atoms with E-state index in [0.29, 0.717) is 12.5 Å². The Kier molecular flexibility index (Phi) is 5.91. The number of rotatable bonds is 7. The Hall–Kier alpha value is -2.08. The molecule has 0 bridgehead atoms. The minimum absolute atomic E-state index is 0.119. The molecule has 0 radical (unpaired) electrons. The number of methoxy groups -OCH3 is 1. The number of nitrogens with zero attached hydrogens (tertiary/aromatic N) is 1. The highest BCUT2D eigenvalue weighted by Crippen LogP contribution is 2.34. The Morgan fingerprint density at radius 2 is 2.00 bits per heavy atom. The van der Waals surface area contributed by atoms with Crippen molar-refractivity contribution in [3.8, 4) is 17.0 Å². The SMILES string of the molecule is COc1ccc(-c2nc(NC3CCCCC3)sc2CCC(=O)O)cc1. The van der Waals surface area contributed by atoms with E-state index in [2.05, 4.69) is 5.32 Å². The standard InChI is InChI=1S/C19H24N2O3S/c1-24-15-9-7-13(8-10-15)18-16(11-12-17(22)23)25-19(21-18)20-14-5-3-2-4-6-14/h7-10,14H,2-6,11-12H2,1H3,(H,20,21)(H,22,23). The Morgan fingerprint density at radius 1 is 1.28 bits per heavy atom. The van der Waals surface area contributed by atoms with Crippen molar-refractivity contribution in [1.82, 2.24) is 4.98 Å². The van der Waals surface area contributed by atoms with Gasteiger partial charge in [0.25, 0.3) is 0 Å². The van der Waals surface area contributed by atoms with Gasteiger partial charge in [-0.3, -0.25) is 4.79 Å². The van der Waals surface area contributed by atoms with Crippen LogP contribution in [-0.4, -0.2) is 29.2 Å². The van der Waals surface area contributed by atoms with Gasteiger partial charge in [-0.15, -0.1) is 11.3 Å². The van der Waals surface area contributed by atoms with Gasteiger partial charge in [0.2, 0.25) is 0 Å². The van der Waals surface area contributed by atoms with E-state index in [0.717, 1.165) is 27.0 Å². The lowest BCUT2D eigenvalue weighted by atomic mass is 9.96. The number of carbonyl (C=O) groups is 1. The molecule has 0 saturated heterocycles. The van der Waals surface area contributed by atoms with Crippen LogP contribution in [0, 0.1) is 0 Å². The van der Waals surface area contributed by atoms with Gasteiger partial charge < -0.3 is 15.2 Å². The number of benzene rings is 1. The average Bonchev–Trinajstić information content (AvgIpc) is 3.03. The molecule has 1 saturated carbocycles. The highest BCUT2D eigenvalue weighted by atomic mass is 32.1. The van der Waals surface area contributed by atoms with E-state index in [-0.39, 0.29) is 6.42 Å². The molecule has 25 heavy (non-hydrogen) atoms. The summed E-state index contributed by atoms with van der Waals surface area (Å²) in [5.74, 6) is 0.0162. The van der Waals surface area contributed by atoms with E-state index >= 15 is 0 Å². The van der Waals surface area contributed by atoms with Crippen molar-refractivity contribution >= 4 is 22.4 Å². The molecule has 0 amide bonds. The van der Waals surface area contributed by atoms with Crippen LogP contribution in [0.15, 0.2) is 24.3 Å². The molecule has 0 spiro atoms. The van der Waals surface area contributed by atoms with Crippen LogP contribution in [0.5, 0.6) is 5.75 Å². The molecule has 3 rings (SSSR count). The first-order valence-corrected chi connectivity index (χ1v) is 9.60. The van der Waals surface area contributed by atoms with Crippen LogP contribution in [-0.2, 0) is 11.2 Å². The van der Waals surface area contributed by atoms with Crippen molar-refractivity contribution in [2.75, 3.05) is 12.4 Å². The van der Waals surface area contributed by atoms with E-state index in [1.54, 1.807) is 18.4 Å². The van der Waals surface area contributed by atoms with Gasteiger partial charge in [0, 0.05) is 16.5 Å². The van der Waals surface area contributed by atoms with Crippen LogP contribution in [0.4, 0.5) is 5.13 Å². The van der Waals surface area contributed by atoms with Gasteiger partial charge in [0.1, 0.15) is 5.75 Å². The summed E-state index contributed by atoms with van der Waals surface area (Å²) in [4.78, 5) is 16.8. The summed E-state index contributed by atoms with van der Waals surface area (Å²) >= 11 is 1.58.